The van der Waals surface area contributed by atoms with Crippen LogP contribution in [0.3, 0.4) is 0 Å². The van der Waals surface area contributed by atoms with Crippen LogP contribution in [0.1, 0.15) is 19.3 Å². The van der Waals surface area contributed by atoms with Crippen LogP contribution in [-0.4, -0.2) is 41.0 Å². The van der Waals surface area contributed by atoms with Crippen molar-refractivity contribution in [2.45, 2.75) is 25.3 Å². The van der Waals surface area contributed by atoms with E-state index in [-0.39, 0.29) is 19.1 Å². The zero-order chi connectivity index (χ0) is 11.3. The highest BCUT2D eigenvalue weighted by atomic mass is 16.4. The average molecular weight is 212 g/mol. The van der Waals surface area contributed by atoms with Crippen molar-refractivity contribution in [2.24, 2.45) is 5.73 Å². The molecule has 5 heteroatoms. The molecule has 0 aromatic heterocycles. The SMILES string of the molecule is NC(=O)CN(CC(=O)O)C1C=CCCC1. The topological polar surface area (TPSA) is 83.6 Å². The van der Waals surface area contributed by atoms with Gasteiger partial charge in [-0.1, -0.05) is 12.2 Å². The molecule has 0 bridgehead atoms. The van der Waals surface area contributed by atoms with Crippen molar-refractivity contribution in [1.82, 2.24) is 4.90 Å². The van der Waals surface area contributed by atoms with Gasteiger partial charge in [0, 0.05) is 6.04 Å². The molecule has 1 unspecified atom stereocenters. The predicted octanol–water partition coefficient (Wildman–Crippen LogP) is -0.0330. The summed E-state index contributed by atoms with van der Waals surface area (Å²) in [6.07, 6.45) is 6.90. The maximum Gasteiger partial charge on any atom is 0.317 e. The molecular weight excluding hydrogens is 196 g/mol. The van der Waals surface area contributed by atoms with E-state index in [4.69, 9.17) is 10.8 Å². The molecule has 0 fully saturated rings. The van der Waals surface area contributed by atoms with Crippen molar-refractivity contribution in [3.63, 3.8) is 0 Å². The summed E-state index contributed by atoms with van der Waals surface area (Å²) in [5.41, 5.74) is 5.08. The first-order chi connectivity index (χ1) is 7.09. The van der Waals surface area contributed by atoms with Crippen molar-refractivity contribution < 1.29 is 14.7 Å². The van der Waals surface area contributed by atoms with E-state index < -0.39 is 11.9 Å². The largest absolute Gasteiger partial charge is 0.480 e. The maximum absolute atomic E-state index is 10.8. The number of carboxylic acid groups (broad SMARTS) is 1. The number of amides is 1. The molecule has 84 valence electrons. The van der Waals surface area contributed by atoms with Crippen LogP contribution < -0.4 is 5.73 Å². The highest BCUT2D eigenvalue weighted by Crippen LogP contribution is 2.15. The molecule has 1 aliphatic carbocycles. The molecule has 0 saturated carbocycles. The summed E-state index contributed by atoms with van der Waals surface area (Å²) in [6.45, 7) is -0.140. The molecule has 0 heterocycles. The van der Waals surface area contributed by atoms with Gasteiger partial charge in [-0.25, -0.2) is 0 Å². The molecule has 0 aromatic rings. The Labute approximate surface area is 88.5 Å². The smallest absolute Gasteiger partial charge is 0.317 e. The number of hydrogen-bond donors (Lipinski definition) is 2. The number of nitrogens with zero attached hydrogens (tertiary/aromatic N) is 1. The third-order valence-electron chi connectivity index (χ3n) is 2.40. The second-order valence-corrected chi connectivity index (χ2v) is 3.69. The summed E-state index contributed by atoms with van der Waals surface area (Å²) in [5, 5.41) is 8.71. The fourth-order valence-corrected chi connectivity index (χ4v) is 1.76. The molecule has 1 amide bonds. The maximum atomic E-state index is 10.8. The fourth-order valence-electron chi connectivity index (χ4n) is 1.76. The Balaban J connectivity index is 2.60. The Bertz CT molecular complexity index is 260. The Hall–Kier alpha value is -1.36. The standard InChI is InChI=1S/C10H16N2O3/c11-9(13)6-12(7-10(14)15)8-4-2-1-3-5-8/h2,4,8H,1,3,5-7H2,(H2,11,13)(H,14,15). The second-order valence-electron chi connectivity index (χ2n) is 3.69. The second kappa shape index (κ2) is 5.50. The van der Waals surface area contributed by atoms with E-state index in [2.05, 4.69) is 0 Å². The van der Waals surface area contributed by atoms with Gasteiger partial charge in [0.2, 0.25) is 5.91 Å². The van der Waals surface area contributed by atoms with E-state index in [9.17, 15) is 9.59 Å². The minimum Gasteiger partial charge on any atom is -0.480 e. The van der Waals surface area contributed by atoms with Crippen molar-refractivity contribution in [1.29, 1.82) is 0 Å². The van der Waals surface area contributed by atoms with E-state index in [1.165, 1.54) is 0 Å². The quantitative estimate of drug-likeness (QED) is 0.627. The van der Waals surface area contributed by atoms with E-state index in [1.54, 1.807) is 4.90 Å². The number of aliphatic carboxylic acids is 1. The van der Waals surface area contributed by atoms with Gasteiger partial charge in [-0.15, -0.1) is 0 Å². The van der Waals surface area contributed by atoms with Crippen LogP contribution in [0, 0.1) is 0 Å². The summed E-state index contributed by atoms with van der Waals surface area (Å²) in [5.74, 6) is -1.43. The van der Waals surface area contributed by atoms with E-state index in [1.807, 2.05) is 12.2 Å². The van der Waals surface area contributed by atoms with Crippen LogP contribution in [0.5, 0.6) is 0 Å². The molecule has 0 radical (unpaired) electrons. The molecule has 0 aliphatic heterocycles. The number of allylic oxidation sites excluding steroid dienone is 1. The third-order valence-corrected chi connectivity index (χ3v) is 2.40. The van der Waals surface area contributed by atoms with Crippen molar-refractivity contribution in [3.8, 4) is 0 Å². The van der Waals surface area contributed by atoms with Gasteiger partial charge in [-0.05, 0) is 19.3 Å². The number of nitrogens with two attached hydrogens (primary N) is 1. The first-order valence-corrected chi connectivity index (χ1v) is 5.00. The summed E-state index contributed by atoms with van der Waals surface area (Å²) >= 11 is 0. The van der Waals surface area contributed by atoms with Crippen LogP contribution in [0.25, 0.3) is 0 Å². The molecule has 0 spiro atoms. The monoisotopic (exact) mass is 212 g/mol. The minimum atomic E-state index is -0.935. The summed E-state index contributed by atoms with van der Waals surface area (Å²) < 4.78 is 0. The summed E-state index contributed by atoms with van der Waals surface area (Å²) in [6, 6.07) is 0.0300. The highest BCUT2D eigenvalue weighted by molar-refractivity contribution is 5.77. The minimum absolute atomic E-state index is 0.00130. The van der Waals surface area contributed by atoms with Crippen molar-refractivity contribution in [3.05, 3.63) is 12.2 Å². The molecule has 15 heavy (non-hydrogen) atoms. The Morgan fingerprint density at radius 3 is 2.67 bits per heavy atom. The molecule has 0 aromatic carbocycles. The lowest BCUT2D eigenvalue weighted by molar-refractivity contribution is -0.139. The van der Waals surface area contributed by atoms with Gasteiger partial charge in [0.25, 0.3) is 0 Å². The summed E-state index contributed by atoms with van der Waals surface area (Å²) in [7, 11) is 0. The van der Waals surface area contributed by atoms with Crippen LogP contribution in [0.15, 0.2) is 12.2 Å². The first kappa shape index (κ1) is 11.7. The number of primary amides is 1. The molecular formula is C10H16N2O3. The Morgan fingerprint density at radius 1 is 1.47 bits per heavy atom. The van der Waals surface area contributed by atoms with Crippen LogP contribution in [-0.2, 0) is 9.59 Å². The van der Waals surface area contributed by atoms with Crippen molar-refractivity contribution >= 4 is 11.9 Å². The lowest BCUT2D eigenvalue weighted by Gasteiger charge is -2.28. The molecule has 1 atom stereocenters. The zero-order valence-electron chi connectivity index (χ0n) is 8.56. The van der Waals surface area contributed by atoms with Gasteiger partial charge in [0.15, 0.2) is 0 Å². The zero-order valence-corrected chi connectivity index (χ0v) is 8.56. The van der Waals surface area contributed by atoms with Gasteiger partial charge < -0.3 is 10.8 Å². The molecule has 3 N–H and O–H groups in total. The van der Waals surface area contributed by atoms with Gasteiger partial charge in [0.1, 0.15) is 0 Å². The molecule has 1 aliphatic rings. The third kappa shape index (κ3) is 4.12. The van der Waals surface area contributed by atoms with Gasteiger partial charge in [-0.3, -0.25) is 14.5 Å². The predicted molar refractivity (Wildman–Crippen MR) is 55.2 cm³/mol. The normalized spacial score (nSPS) is 20.5. The number of carbonyl (C=O) groups excluding carboxylic acids is 1. The van der Waals surface area contributed by atoms with Crippen LogP contribution in [0.2, 0.25) is 0 Å². The lowest BCUT2D eigenvalue weighted by atomic mass is 10.0. The van der Waals surface area contributed by atoms with E-state index in [0.29, 0.717) is 0 Å². The number of hydrogen-bond acceptors (Lipinski definition) is 3. The van der Waals surface area contributed by atoms with Gasteiger partial charge in [-0.2, -0.15) is 0 Å². The molecule has 1 rings (SSSR count). The van der Waals surface area contributed by atoms with Gasteiger partial charge in [0.05, 0.1) is 13.1 Å². The lowest BCUT2D eigenvalue weighted by Crippen LogP contribution is -2.43. The summed E-state index contributed by atoms with van der Waals surface area (Å²) in [4.78, 5) is 23.0. The van der Waals surface area contributed by atoms with Gasteiger partial charge >= 0.3 is 5.97 Å². The van der Waals surface area contributed by atoms with Crippen LogP contribution >= 0.6 is 0 Å². The molecule has 0 saturated heterocycles. The van der Waals surface area contributed by atoms with Crippen LogP contribution in [0.4, 0.5) is 0 Å². The van der Waals surface area contributed by atoms with E-state index in [0.717, 1.165) is 19.3 Å². The average Bonchev–Trinajstić information content (AvgIpc) is 2.17. The fraction of sp³-hybridized carbons (Fsp3) is 0.600. The van der Waals surface area contributed by atoms with E-state index >= 15 is 0 Å². The Kier molecular flexibility index (Phi) is 4.30. The number of rotatable bonds is 5. The number of carbonyl (C=O) groups is 2. The van der Waals surface area contributed by atoms with Crippen molar-refractivity contribution in [2.75, 3.05) is 13.1 Å². The first-order valence-electron chi connectivity index (χ1n) is 5.00. The number of carboxylic acids is 1. The Morgan fingerprint density at radius 2 is 2.20 bits per heavy atom. The highest BCUT2D eigenvalue weighted by Gasteiger charge is 2.21. The molecule has 5 nitrogen and oxygen atoms in total.